The van der Waals surface area contributed by atoms with Crippen LogP contribution < -0.4 is 5.32 Å². The van der Waals surface area contributed by atoms with Crippen LogP contribution in [0.25, 0.3) is 0 Å². The van der Waals surface area contributed by atoms with Crippen molar-refractivity contribution in [1.29, 1.82) is 0 Å². The molecule has 2 aliphatic heterocycles. The van der Waals surface area contributed by atoms with Gasteiger partial charge in [-0.05, 0) is 39.0 Å². The van der Waals surface area contributed by atoms with E-state index in [9.17, 15) is 19.5 Å². The normalized spacial score (nSPS) is 33.7. The smallest absolute Gasteiger partial charge is 0.325 e. The molecule has 2 heterocycles. The number of fused-ring (bicyclic) bond motifs is 1. The number of carboxylic acid groups (broad SMARTS) is 1. The molecule has 0 unspecified atom stereocenters. The second-order valence-electron chi connectivity index (χ2n) is 7.45. The molecule has 1 aliphatic carbocycles. The molecule has 3 fully saturated rings. The maximum absolute atomic E-state index is 12.2. The van der Waals surface area contributed by atoms with Crippen LogP contribution in [-0.2, 0) is 9.59 Å². The quantitative estimate of drug-likeness (QED) is 0.754. The Hall–Kier alpha value is -1.63. The number of amides is 3. The Morgan fingerprint density at radius 2 is 1.96 bits per heavy atom. The Labute approximate surface area is 136 Å². The molecule has 7 heteroatoms. The molecule has 0 aromatic carbocycles. The molecule has 3 rings (SSSR count). The van der Waals surface area contributed by atoms with Crippen LogP contribution in [-0.4, -0.2) is 63.5 Å². The standard InChI is InChI=1S/C16H25N3O4/c1-16(2)14(22)19(15(23)17-16)8-7-18-11-6-4-3-5-10(11)9-12(18)13(20)21/h10-12H,3-9H2,1-2H3,(H,17,23)(H,20,21)/t10-,11-,12-/m0/s1. The SMILES string of the molecule is CC1(C)NC(=O)N(CCN2[C@H](C(=O)O)C[C@@H]3CCCC[C@@H]32)C1=O. The number of hydrogen-bond donors (Lipinski definition) is 2. The molecule has 23 heavy (non-hydrogen) atoms. The number of imide groups is 1. The number of hydrogen-bond acceptors (Lipinski definition) is 4. The molecule has 0 aromatic rings. The van der Waals surface area contributed by atoms with Gasteiger partial charge in [-0.25, -0.2) is 4.79 Å². The monoisotopic (exact) mass is 323 g/mol. The molecule has 3 amide bonds. The molecular weight excluding hydrogens is 298 g/mol. The van der Waals surface area contributed by atoms with Gasteiger partial charge in [0.15, 0.2) is 0 Å². The topological polar surface area (TPSA) is 90.0 Å². The van der Waals surface area contributed by atoms with Gasteiger partial charge in [0.1, 0.15) is 11.6 Å². The molecular formula is C16H25N3O4. The molecule has 3 atom stereocenters. The van der Waals surface area contributed by atoms with Crippen molar-refractivity contribution in [3.8, 4) is 0 Å². The van der Waals surface area contributed by atoms with Gasteiger partial charge < -0.3 is 10.4 Å². The number of nitrogens with zero attached hydrogens (tertiary/aromatic N) is 2. The van der Waals surface area contributed by atoms with Crippen LogP contribution >= 0.6 is 0 Å². The van der Waals surface area contributed by atoms with Gasteiger partial charge in [0, 0.05) is 19.1 Å². The second kappa shape index (κ2) is 5.78. The van der Waals surface area contributed by atoms with E-state index in [-0.39, 0.29) is 24.5 Å². The number of carbonyl (C=O) groups is 3. The summed E-state index contributed by atoms with van der Waals surface area (Å²) in [4.78, 5) is 39.0. The zero-order chi connectivity index (χ0) is 16.8. The van der Waals surface area contributed by atoms with Crippen molar-refractivity contribution in [3.63, 3.8) is 0 Å². The van der Waals surface area contributed by atoms with E-state index in [2.05, 4.69) is 5.32 Å². The van der Waals surface area contributed by atoms with E-state index in [4.69, 9.17) is 0 Å². The van der Waals surface area contributed by atoms with Gasteiger partial charge in [-0.15, -0.1) is 0 Å². The lowest BCUT2D eigenvalue weighted by Crippen LogP contribution is -2.47. The average Bonchev–Trinajstić information content (AvgIpc) is 2.94. The lowest BCUT2D eigenvalue weighted by atomic mass is 9.85. The van der Waals surface area contributed by atoms with Crippen molar-refractivity contribution < 1.29 is 19.5 Å². The van der Waals surface area contributed by atoms with Gasteiger partial charge in [-0.3, -0.25) is 19.4 Å². The van der Waals surface area contributed by atoms with Crippen LogP contribution in [0.5, 0.6) is 0 Å². The summed E-state index contributed by atoms with van der Waals surface area (Å²) >= 11 is 0. The highest BCUT2D eigenvalue weighted by molar-refractivity contribution is 6.06. The zero-order valence-electron chi connectivity index (χ0n) is 13.7. The predicted molar refractivity (Wildman–Crippen MR) is 82.8 cm³/mol. The fraction of sp³-hybridized carbons (Fsp3) is 0.812. The van der Waals surface area contributed by atoms with Crippen LogP contribution in [0.4, 0.5) is 4.79 Å². The molecule has 3 aliphatic rings. The summed E-state index contributed by atoms with van der Waals surface area (Å²) in [6, 6.07) is -0.596. The number of carboxylic acids is 1. The third-order valence-corrected chi connectivity index (χ3v) is 5.53. The van der Waals surface area contributed by atoms with E-state index < -0.39 is 17.6 Å². The summed E-state index contributed by atoms with van der Waals surface area (Å²) in [5, 5.41) is 12.2. The first-order valence-electron chi connectivity index (χ1n) is 8.44. The number of rotatable bonds is 4. The molecule has 7 nitrogen and oxygen atoms in total. The maximum atomic E-state index is 12.2. The Morgan fingerprint density at radius 3 is 2.57 bits per heavy atom. The molecule has 0 radical (unpaired) electrons. The molecule has 128 valence electrons. The Bertz CT molecular complexity index is 533. The van der Waals surface area contributed by atoms with Crippen molar-refractivity contribution in [2.45, 2.75) is 63.6 Å². The lowest BCUT2D eigenvalue weighted by Gasteiger charge is -2.33. The Balaban J connectivity index is 1.69. The third-order valence-electron chi connectivity index (χ3n) is 5.53. The first-order valence-corrected chi connectivity index (χ1v) is 8.44. The zero-order valence-corrected chi connectivity index (χ0v) is 13.7. The van der Waals surface area contributed by atoms with Crippen LogP contribution in [0.2, 0.25) is 0 Å². The number of likely N-dealkylation sites (tertiary alicyclic amines) is 1. The van der Waals surface area contributed by atoms with E-state index in [1.807, 2.05) is 4.90 Å². The van der Waals surface area contributed by atoms with Crippen molar-refractivity contribution >= 4 is 17.9 Å². The molecule has 2 saturated heterocycles. The van der Waals surface area contributed by atoms with Crippen molar-refractivity contribution in [1.82, 2.24) is 15.1 Å². The summed E-state index contributed by atoms with van der Waals surface area (Å²) in [6.45, 7) is 4.05. The largest absolute Gasteiger partial charge is 0.480 e. The minimum Gasteiger partial charge on any atom is -0.480 e. The van der Waals surface area contributed by atoms with Crippen molar-refractivity contribution in [2.24, 2.45) is 5.92 Å². The van der Waals surface area contributed by atoms with E-state index in [0.29, 0.717) is 18.9 Å². The number of aliphatic carboxylic acids is 1. The van der Waals surface area contributed by atoms with E-state index in [1.54, 1.807) is 13.8 Å². The highest BCUT2D eigenvalue weighted by Gasteiger charge is 2.47. The minimum absolute atomic E-state index is 0.242. The van der Waals surface area contributed by atoms with Gasteiger partial charge in [-0.1, -0.05) is 12.8 Å². The number of nitrogens with one attached hydrogen (secondary N) is 1. The number of urea groups is 1. The van der Waals surface area contributed by atoms with Crippen LogP contribution in [0, 0.1) is 5.92 Å². The Morgan fingerprint density at radius 1 is 1.26 bits per heavy atom. The molecule has 0 spiro atoms. The van der Waals surface area contributed by atoms with Gasteiger partial charge in [-0.2, -0.15) is 0 Å². The van der Waals surface area contributed by atoms with Crippen LogP contribution in [0.1, 0.15) is 46.0 Å². The van der Waals surface area contributed by atoms with Crippen LogP contribution in [0.3, 0.4) is 0 Å². The summed E-state index contributed by atoms with van der Waals surface area (Å²) in [5.74, 6) is -0.602. The molecule has 2 N–H and O–H groups in total. The maximum Gasteiger partial charge on any atom is 0.325 e. The Kier molecular flexibility index (Phi) is 4.08. The lowest BCUT2D eigenvalue weighted by molar-refractivity contribution is -0.142. The second-order valence-corrected chi connectivity index (χ2v) is 7.45. The fourth-order valence-electron chi connectivity index (χ4n) is 4.35. The molecule has 0 bridgehead atoms. The average molecular weight is 323 g/mol. The van der Waals surface area contributed by atoms with Crippen molar-refractivity contribution in [3.05, 3.63) is 0 Å². The van der Waals surface area contributed by atoms with Gasteiger partial charge in [0.05, 0.1) is 0 Å². The summed E-state index contributed by atoms with van der Waals surface area (Å²) < 4.78 is 0. The summed E-state index contributed by atoms with van der Waals surface area (Å²) in [7, 11) is 0. The third kappa shape index (κ3) is 2.82. The molecule has 1 saturated carbocycles. The highest BCUT2D eigenvalue weighted by atomic mass is 16.4. The van der Waals surface area contributed by atoms with E-state index in [0.717, 1.165) is 19.3 Å². The van der Waals surface area contributed by atoms with Crippen LogP contribution in [0.15, 0.2) is 0 Å². The highest BCUT2D eigenvalue weighted by Crippen LogP contribution is 2.39. The van der Waals surface area contributed by atoms with Crippen molar-refractivity contribution in [2.75, 3.05) is 13.1 Å². The van der Waals surface area contributed by atoms with E-state index >= 15 is 0 Å². The number of carbonyl (C=O) groups excluding carboxylic acids is 2. The summed E-state index contributed by atoms with van der Waals surface area (Å²) in [5.41, 5.74) is -0.873. The first kappa shape index (κ1) is 16.2. The van der Waals surface area contributed by atoms with Gasteiger partial charge in [0.25, 0.3) is 5.91 Å². The minimum atomic E-state index is -0.873. The summed E-state index contributed by atoms with van der Waals surface area (Å²) in [6.07, 6.45) is 5.08. The van der Waals surface area contributed by atoms with Gasteiger partial charge >= 0.3 is 12.0 Å². The predicted octanol–water partition coefficient (Wildman–Crippen LogP) is 1.03. The molecule has 0 aromatic heterocycles. The fourth-order valence-corrected chi connectivity index (χ4v) is 4.35. The van der Waals surface area contributed by atoms with Gasteiger partial charge in [0.2, 0.25) is 0 Å². The first-order chi connectivity index (χ1) is 10.8. The van der Waals surface area contributed by atoms with E-state index in [1.165, 1.54) is 11.3 Å².